The Morgan fingerprint density at radius 2 is 2.14 bits per heavy atom. The number of rotatable bonds is 7. The van der Waals surface area contributed by atoms with E-state index in [9.17, 15) is 4.79 Å². The first-order chi connectivity index (χ1) is 14.1. The van der Waals surface area contributed by atoms with Crippen LogP contribution >= 0.6 is 0 Å². The van der Waals surface area contributed by atoms with Gasteiger partial charge in [-0.1, -0.05) is 12.1 Å². The van der Waals surface area contributed by atoms with Gasteiger partial charge in [0.2, 0.25) is 0 Å². The van der Waals surface area contributed by atoms with Crippen molar-refractivity contribution in [1.82, 2.24) is 19.7 Å². The van der Waals surface area contributed by atoms with Crippen LogP contribution in [0, 0.1) is 5.53 Å². The number of carbonyl (C=O) groups is 1. The standard InChI is InChI=1S/C20H17N7O2/c21-26-18-6-5-17(15-10-24-27(11-15)12-19(28)29)25-20(18)23-9-13-3-4-16-14(8-13)2-1-7-22-16/h1-8,10-11,21H,9,12H2,(H,23,25)(H,28,29). The van der Waals surface area contributed by atoms with Crippen LogP contribution < -0.4 is 5.32 Å². The van der Waals surface area contributed by atoms with Crippen molar-refractivity contribution < 1.29 is 9.90 Å². The van der Waals surface area contributed by atoms with Crippen LogP contribution in [0.2, 0.25) is 0 Å². The predicted octanol–water partition coefficient (Wildman–Crippen LogP) is 3.85. The molecule has 1 aromatic carbocycles. The van der Waals surface area contributed by atoms with E-state index >= 15 is 0 Å². The summed E-state index contributed by atoms with van der Waals surface area (Å²) in [5.74, 6) is -0.501. The molecule has 4 rings (SSSR count). The Morgan fingerprint density at radius 3 is 2.97 bits per heavy atom. The molecular weight excluding hydrogens is 370 g/mol. The monoisotopic (exact) mass is 387 g/mol. The van der Waals surface area contributed by atoms with Crippen molar-refractivity contribution in [2.75, 3.05) is 5.32 Å². The van der Waals surface area contributed by atoms with E-state index in [0.29, 0.717) is 29.3 Å². The van der Waals surface area contributed by atoms with E-state index in [2.05, 4.69) is 25.5 Å². The van der Waals surface area contributed by atoms with Gasteiger partial charge < -0.3 is 10.4 Å². The van der Waals surface area contributed by atoms with E-state index in [1.54, 1.807) is 30.7 Å². The number of pyridine rings is 2. The topological polar surface area (TPSA) is 129 Å². The fourth-order valence-electron chi connectivity index (χ4n) is 2.97. The fraction of sp³-hybridized carbons (Fsp3) is 0.100. The Bertz CT molecular complexity index is 1200. The third kappa shape index (κ3) is 4.08. The van der Waals surface area contributed by atoms with Gasteiger partial charge in [-0.25, -0.2) is 10.5 Å². The number of nitrogens with one attached hydrogen (secondary N) is 2. The molecule has 0 aliphatic heterocycles. The van der Waals surface area contributed by atoms with Gasteiger partial charge in [-0.3, -0.25) is 14.5 Å². The van der Waals surface area contributed by atoms with Crippen molar-refractivity contribution in [1.29, 1.82) is 5.53 Å². The first kappa shape index (κ1) is 18.2. The maximum Gasteiger partial charge on any atom is 0.325 e. The van der Waals surface area contributed by atoms with Gasteiger partial charge in [0.1, 0.15) is 12.2 Å². The lowest BCUT2D eigenvalue weighted by molar-refractivity contribution is -0.137. The van der Waals surface area contributed by atoms with Gasteiger partial charge in [-0.05, 0) is 35.9 Å². The Morgan fingerprint density at radius 1 is 1.24 bits per heavy atom. The van der Waals surface area contributed by atoms with Crippen LogP contribution in [-0.4, -0.2) is 30.8 Å². The second kappa shape index (κ2) is 7.85. The molecule has 9 nitrogen and oxygen atoms in total. The highest BCUT2D eigenvalue weighted by atomic mass is 16.4. The second-order valence-corrected chi connectivity index (χ2v) is 6.38. The zero-order chi connectivity index (χ0) is 20.2. The first-order valence-corrected chi connectivity index (χ1v) is 8.83. The number of anilines is 1. The van der Waals surface area contributed by atoms with Crippen molar-refractivity contribution in [3.8, 4) is 11.3 Å². The number of aliphatic carboxylic acids is 1. The Labute approximate surface area is 165 Å². The zero-order valence-electron chi connectivity index (χ0n) is 15.3. The van der Waals surface area contributed by atoms with Crippen molar-refractivity contribution in [2.45, 2.75) is 13.1 Å². The van der Waals surface area contributed by atoms with E-state index in [1.165, 1.54) is 4.68 Å². The highest BCUT2D eigenvalue weighted by molar-refractivity contribution is 5.79. The number of hydrogen-bond acceptors (Lipinski definition) is 7. The molecule has 0 atom stereocenters. The van der Waals surface area contributed by atoms with Crippen LogP contribution in [0.4, 0.5) is 11.5 Å². The molecule has 3 N–H and O–H groups in total. The lowest BCUT2D eigenvalue weighted by atomic mass is 10.1. The van der Waals surface area contributed by atoms with Gasteiger partial charge >= 0.3 is 5.97 Å². The average molecular weight is 387 g/mol. The first-order valence-electron chi connectivity index (χ1n) is 8.83. The Kier molecular flexibility index (Phi) is 4.93. The number of hydrogen-bond donors (Lipinski definition) is 3. The summed E-state index contributed by atoms with van der Waals surface area (Å²) in [4.78, 5) is 19.7. The lowest BCUT2D eigenvalue weighted by Crippen LogP contribution is -2.08. The van der Waals surface area contributed by atoms with Gasteiger partial charge in [0.05, 0.1) is 17.4 Å². The molecule has 0 aliphatic rings. The maximum absolute atomic E-state index is 10.8. The highest BCUT2D eigenvalue weighted by Crippen LogP contribution is 2.28. The minimum atomic E-state index is -0.969. The van der Waals surface area contributed by atoms with E-state index in [4.69, 9.17) is 10.6 Å². The number of carboxylic acids is 1. The van der Waals surface area contributed by atoms with Crippen LogP contribution in [-0.2, 0) is 17.9 Å². The van der Waals surface area contributed by atoms with Crippen LogP contribution in [0.5, 0.6) is 0 Å². The molecule has 0 bridgehead atoms. The third-order valence-electron chi connectivity index (χ3n) is 4.35. The quantitative estimate of drug-likeness (QED) is 0.413. The molecule has 9 heteroatoms. The summed E-state index contributed by atoms with van der Waals surface area (Å²) in [6.07, 6.45) is 4.94. The number of nitrogens with zero attached hydrogens (tertiary/aromatic N) is 5. The molecule has 0 spiro atoms. The normalized spacial score (nSPS) is 10.8. The van der Waals surface area contributed by atoms with Crippen molar-refractivity contribution in [2.24, 2.45) is 5.11 Å². The average Bonchev–Trinajstić information content (AvgIpc) is 3.19. The molecule has 144 valence electrons. The van der Waals surface area contributed by atoms with E-state index < -0.39 is 5.97 Å². The highest BCUT2D eigenvalue weighted by Gasteiger charge is 2.10. The number of aromatic nitrogens is 4. The summed E-state index contributed by atoms with van der Waals surface area (Å²) in [5.41, 5.74) is 11.1. The van der Waals surface area contributed by atoms with E-state index in [-0.39, 0.29) is 6.54 Å². The fourth-order valence-corrected chi connectivity index (χ4v) is 2.97. The largest absolute Gasteiger partial charge is 0.480 e. The van der Waals surface area contributed by atoms with Gasteiger partial charge in [0.15, 0.2) is 5.82 Å². The van der Waals surface area contributed by atoms with Gasteiger partial charge in [-0.15, -0.1) is 0 Å². The summed E-state index contributed by atoms with van der Waals surface area (Å²) in [5, 5.41) is 20.7. The Hall–Kier alpha value is -4.14. The minimum Gasteiger partial charge on any atom is -0.480 e. The van der Waals surface area contributed by atoms with Crippen molar-refractivity contribution in [3.63, 3.8) is 0 Å². The molecule has 0 amide bonds. The van der Waals surface area contributed by atoms with Crippen LogP contribution in [0.3, 0.4) is 0 Å². The molecular formula is C20H17N7O2. The molecule has 4 aromatic rings. The maximum atomic E-state index is 10.8. The van der Waals surface area contributed by atoms with E-state index in [0.717, 1.165) is 16.5 Å². The van der Waals surface area contributed by atoms with Crippen LogP contribution in [0.1, 0.15) is 5.56 Å². The molecule has 0 saturated carbocycles. The Balaban J connectivity index is 1.57. The van der Waals surface area contributed by atoms with E-state index in [1.807, 2.05) is 30.3 Å². The summed E-state index contributed by atoms with van der Waals surface area (Å²) >= 11 is 0. The molecule has 0 fully saturated rings. The predicted molar refractivity (Wildman–Crippen MR) is 107 cm³/mol. The van der Waals surface area contributed by atoms with Crippen molar-refractivity contribution in [3.05, 3.63) is 66.6 Å². The van der Waals surface area contributed by atoms with Gasteiger partial charge in [0.25, 0.3) is 0 Å². The molecule has 0 unspecified atom stereocenters. The number of carboxylic acid groups (broad SMARTS) is 1. The number of benzene rings is 1. The lowest BCUT2D eigenvalue weighted by Gasteiger charge is -2.10. The number of fused-ring (bicyclic) bond motifs is 1. The summed E-state index contributed by atoms with van der Waals surface area (Å²) < 4.78 is 1.33. The van der Waals surface area contributed by atoms with Gasteiger partial charge in [0, 0.05) is 29.9 Å². The third-order valence-corrected chi connectivity index (χ3v) is 4.35. The second-order valence-electron chi connectivity index (χ2n) is 6.38. The van der Waals surface area contributed by atoms with Crippen molar-refractivity contribution >= 4 is 28.4 Å². The van der Waals surface area contributed by atoms with Crippen LogP contribution in [0.25, 0.3) is 22.2 Å². The van der Waals surface area contributed by atoms with Gasteiger partial charge in [-0.2, -0.15) is 10.2 Å². The zero-order valence-corrected chi connectivity index (χ0v) is 15.3. The molecule has 3 heterocycles. The summed E-state index contributed by atoms with van der Waals surface area (Å²) in [7, 11) is 0. The van der Waals surface area contributed by atoms with Crippen LogP contribution in [0.15, 0.2) is 66.2 Å². The summed E-state index contributed by atoms with van der Waals surface area (Å²) in [6.45, 7) is 0.282. The molecule has 0 radical (unpaired) electrons. The minimum absolute atomic E-state index is 0.220. The summed E-state index contributed by atoms with van der Waals surface area (Å²) in [6, 6.07) is 13.3. The molecule has 0 saturated heterocycles. The molecule has 0 aliphatic carbocycles. The molecule has 29 heavy (non-hydrogen) atoms. The SMILES string of the molecule is N=Nc1ccc(-c2cnn(CC(=O)O)c2)nc1NCc1ccc2ncccc2c1. The smallest absolute Gasteiger partial charge is 0.325 e. The molecule has 3 aromatic heterocycles.